The van der Waals surface area contributed by atoms with Gasteiger partial charge in [0.15, 0.2) is 6.61 Å². The number of carbonyl (C=O) groups excluding carboxylic acids is 1. The Morgan fingerprint density at radius 2 is 1.76 bits per heavy atom. The van der Waals surface area contributed by atoms with E-state index in [-0.39, 0.29) is 18.4 Å². The molecule has 0 aliphatic carbocycles. The van der Waals surface area contributed by atoms with Crippen molar-refractivity contribution < 1.29 is 9.53 Å². The van der Waals surface area contributed by atoms with Gasteiger partial charge in [-0.3, -0.25) is 4.79 Å². The van der Waals surface area contributed by atoms with Gasteiger partial charge in [-0.1, -0.05) is 55.5 Å². The summed E-state index contributed by atoms with van der Waals surface area (Å²) in [4.78, 5) is 11.6. The van der Waals surface area contributed by atoms with Gasteiger partial charge in [0.25, 0.3) is 5.91 Å². The van der Waals surface area contributed by atoms with Gasteiger partial charge < -0.3 is 4.74 Å². The van der Waals surface area contributed by atoms with Crippen LogP contribution in [0.1, 0.15) is 18.4 Å². The molecule has 0 aliphatic heterocycles. The van der Waals surface area contributed by atoms with E-state index in [0.717, 1.165) is 5.56 Å². The van der Waals surface area contributed by atoms with Gasteiger partial charge in [0.2, 0.25) is 0 Å². The van der Waals surface area contributed by atoms with Gasteiger partial charge in [-0.25, -0.2) is 5.43 Å². The second-order valence-corrected chi connectivity index (χ2v) is 4.61. The highest BCUT2D eigenvalue weighted by Gasteiger charge is 2.03. The van der Waals surface area contributed by atoms with Crippen LogP contribution in [0.15, 0.2) is 65.8 Å². The van der Waals surface area contributed by atoms with Crippen molar-refractivity contribution in [2.45, 2.75) is 12.8 Å². The lowest BCUT2D eigenvalue weighted by molar-refractivity contribution is -0.123. The van der Waals surface area contributed by atoms with Crippen molar-refractivity contribution in [2.24, 2.45) is 5.10 Å². The van der Waals surface area contributed by atoms with E-state index in [9.17, 15) is 4.79 Å². The molecule has 0 radical (unpaired) electrons. The highest BCUT2D eigenvalue weighted by atomic mass is 16.5. The van der Waals surface area contributed by atoms with Crippen LogP contribution >= 0.6 is 0 Å². The minimum absolute atomic E-state index is 0.0545. The van der Waals surface area contributed by atoms with Crippen molar-refractivity contribution in [3.8, 4) is 5.75 Å². The number of hydrogen-bond acceptors (Lipinski definition) is 3. The van der Waals surface area contributed by atoms with E-state index in [0.29, 0.717) is 5.75 Å². The molecule has 0 fully saturated rings. The van der Waals surface area contributed by atoms with Crippen molar-refractivity contribution in [3.05, 3.63) is 66.2 Å². The van der Waals surface area contributed by atoms with E-state index in [1.165, 1.54) is 0 Å². The fourth-order valence-corrected chi connectivity index (χ4v) is 1.76. The summed E-state index contributed by atoms with van der Waals surface area (Å²) in [5.74, 6) is 0.520. The molecular weight excluding hydrogens is 264 g/mol. The maximum atomic E-state index is 11.6. The molecule has 0 spiro atoms. The number of amides is 1. The van der Waals surface area contributed by atoms with Crippen LogP contribution in [-0.2, 0) is 4.79 Å². The zero-order valence-electron chi connectivity index (χ0n) is 11.9. The van der Waals surface area contributed by atoms with E-state index in [2.05, 4.69) is 10.5 Å². The molecule has 2 aromatic carbocycles. The molecule has 1 amide bonds. The van der Waals surface area contributed by atoms with Gasteiger partial charge in [0.1, 0.15) is 5.75 Å². The smallest absolute Gasteiger partial charge is 0.277 e. The van der Waals surface area contributed by atoms with Crippen LogP contribution in [0, 0.1) is 0 Å². The summed E-state index contributed by atoms with van der Waals surface area (Å²) in [6.45, 7) is 1.96. The predicted molar refractivity (Wildman–Crippen MR) is 83.4 cm³/mol. The summed E-state index contributed by atoms with van der Waals surface area (Å²) in [6, 6.07) is 19.2. The van der Waals surface area contributed by atoms with E-state index in [1.54, 1.807) is 18.3 Å². The summed E-state index contributed by atoms with van der Waals surface area (Å²) in [5.41, 5.74) is 3.61. The molecule has 21 heavy (non-hydrogen) atoms. The van der Waals surface area contributed by atoms with Crippen molar-refractivity contribution in [2.75, 3.05) is 6.61 Å². The van der Waals surface area contributed by atoms with Crippen LogP contribution in [0.2, 0.25) is 0 Å². The lowest BCUT2D eigenvalue weighted by Gasteiger charge is -2.06. The van der Waals surface area contributed by atoms with Gasteiger partial charge in [-0.15, -0.1) is 0 Å². The number of carbonyl (C=O) groups is 1. The third-order valence-corrected chi connectivity index (χ3v) is 2.93. The Balaban J connectivity index is 1.75. The summed E-state index contributed by atoms with van der Waals surface area (Å²) < 4.78 is 5.32. The second kappa shape index (κ2) is 7.85. The average Bonchev–Trinajstić information content (AvgIpc) is 2.54. The fourth-order valence-electron chi connectivity index (χ4n) is 1.76. The predicted octanol–water partition coefficient (Wildman–Crippen LogP) is 2.97. The lowest BCUT2D eigenvalue weighted by Crippen LogP contribution is -2.24. The largest absolute Gasteiger partial charge is 0.484 e. The number of hydrazone groups is 1. The molecule has 0 aliphatic rings. The van der Waals surface area contributed by atoms with Crippen LogP contribution < -0.4 is 10.2 Å². The molecule has 4 heteroatoms. The fraction of sp³-hybridized carbons (Fsp3) is 0.176. The number of hydrogen-bond donors (Lipinski definition) is 1. The van der Waals surface area contributed by atoms with Crippen LogP contribution in [0.25, 0.3) is 0 Å². The molecule has 0 saturated heterocycles. The number of nitrogens with one attached hydrogen (secondary N) is 1. The molecule has 1 N–H and O–H groups in total. The highest BCUT2D eigenvalue weighted by Crippen LogP contribution is 2.11. The monoisotopic (exact) mass is 282 g/mol. The molecular formula is C17H18N2O2. The number of para-hydroxylation sites is 1. The third kappa shape index (κ3) is 5.10. The van der Waals surface area contributed by atoms with Crippen molar-refractivity contribution in [1.29, 1.82) is 0 Å². The Bertz CT molecular complexity index is 582. The number of ether oxygens (including phenoxy) is 1. The molecule has 4 nitrogen and oxygen atoms in total. The summed E-state index contributed by atoms with van der Waals surface area (Å²) >= 11 is 0. The highest BCUT2D eigenvalue weighted by molar-refractivity contribution is 5.78. The molecule has 0 saturated carbocycles. The van der Waals surface area contributed by atoms with E-state index in [4.69, 9.17) is 4.74 Å². The normalized spacial score (nSPS) is 12.0. The molecule has 0 aromatic heterocycles. The first-order chi connectivity index (χ1) is 10.3. The second-order valence-electron chi connectivity index (χ2n) is 4.61. The summed E-state index contributed by atoms with van der Waals surface area (Å²) in [5, 5.41) is 3.96. The van der Waals surface area contributed by atoms with Crippen molar-refractivity contribution in [1.82, 2.24) is 5.43 Å². The molecule has 108 valence electrons. The Morgan fingerprint density at radius 3 is 2.43 bits per heavy atom. The van der Waals surface area contributed by atoms with Gasteiger partial charge in [0, 0.05) is 12.1 Å². The van der Waals surface area contributed by atoms with Gasteiger partial charge >= 0.3 is 0 Å². The molecule has 1 atom stereocenters. The first-order valence-electron chi connectivity index (χ1n) is 6.80. The SMILES string of the molecule is CC(C=NNC(=O)COc1ccccc1)c1ccccc1. The minimum atomic E-state index is -0.282. The number of rotatable bonds is 6. The first kappa shape index (κ1) is 14.8. The van der Waals surface area contributed by atoms with Gasteiger partial charge in [-0.2, -0.15) is 5.10 Å². The summed E-state index contributed by atoms with van der Waals surface area (Å²) in [6.07, 6.45) is 1.70. The van der Waals surface area contributed by atoms with Crippen molar-refractivity contribution in [3.63, 3.8) is 0 Å². The topological polar surface area (TPSA) is 50.7 Å². The first-order valence-corrected chi connectivity index (χ1v) is 6.80. The van der Waals surface area contributed by atoms with E-state index < -0.39 is 0 Å². The Labute approximate surface area is 124 Å². The average molecular weight is 282 g/mol. The maximum absolute atomic E-state index is 11.6. The molecule has 2 rings (SSSR count). The third-order valence-electron chi connectivity index (χ3n) is 2.93. The van der Waals surface area contributed by atoms with Gasteiger partial charge in [-0.05, 0) is 17.7 Å². The number of nitrogens with zero attached hydrogens (tertiary/aromatic N) is 1. The van der Waals surface area contributed by atoms with Crippen LogP contribution in [-0.4, -0.2) is 18.7 Å². The Morgan fingerprint density at radius 1 is 1.14 bits per heavy atom. The quantitative estimate of drug-likeness (QED) is 0.654. The van der Waals surface area contributed by atoms with E-state index >= 15 is 0 Å². The van der Waals surface area contributed by atoms with Crippen LogP contribution in [0.5, 0.6) is 5.75 Å². The summed E-state index contributed by atoms with van der Waals surface area (Å²) in [7, 11) is 0. The zero-order valence-corrected chi connectivity index (χ0v) is 11.9. The Hall–Kier alpha value is -2.62. The Kier molecular flexibility index (Phi) is 5.52. The lowest BCUT2D eigenvalue weighted by atomic mass is 10.0. The maximum Gasteiger partial charge on any atom is 0.277 e. The van der Waals surface area contributed by atoms with Crippen LogP contribution in [0.3, 0.4) is 0 Å². The van der Waals surface area contributed by atoms with Crippen molar-refractivity contribution >= 4 is 12.1 Å². The van der Waals surface area contributed by atoms with Crippen LogP contribution in [0.4, 0.5) is 0 Å². The molecule has 0 heterocycles. The van der Waals surface area contributed by atoms with E-state index in [1.807, 2.05) is 55.5 Å². The zero-order chi connectivity index (χ0) is 14.9. The van der Waals surface area contributed by atoms with Gasteiger partial charge in [0.05, 0.1) is 0 Å². The minimum Gasteiger partial charge on any atom is -0.484 e. The molecule has 0 bridgehead atoms. The molecule has 2 aromatic rings. The number of benzene rings is 2. The molecule has 1 unspecified atom stereocenters. The standard InChI is InChI=1S/C17H18N2O2/c1-14(15-8-4-2-5-9-15)12-18-19-17(20)13-21-16-10-6-3-7-11-16/h2-12,14H,13H2,1H3,(H,19,20).